The van der Waals surface area contributed by atoms with Crippen molar-refractivity contribution in [3.8, 4) is 0 Å². The highest BCUT2D eigenvalue weighted by molar-refractivity contribution is 5.82. The van der Waals surface area contributed by atoms with E-state index in [1.165, 1.54) is 0 Å². The molecule has 0 aliphatic carbocycles. The summed E-state index contributed by atoms with van der Waals surface area (Å²) in [6.07, 6.45) is 1.90. The molecular weight excluding hydrogens is 196 g/mol. The van der Waals surface area contributed by atoms with E-state index in [9.17, 15) is 4.79 Å². The van der Waals surface area contributed by atoms with Gasteiger partial charge in [-0.2, -0.15) is 0 Å². The molecule has 0 aromatic heterocycles. The van der Waals surface area contributed by atoms with Gasteiger partial charge < -0.3 is 20.1 Å². The summed E-state index contributed by atoms with van der Waals surface area (Å²) in [6.45, 7) is 2.69. The predicted molar refractivity (Wildman–Crippen MR) is 54.4 cm³/mol. The maximum atomic E-state index is 12.0. The molecule has 5 nitrogen and oxygen atoms in total. The summed E-state index contributed by atoms with van der Waals surface area (Å²) in [4.78, 5) is 13.8. The number of carbonyl (C=O) groups excluding carboxylic acids is 1. The third-order valence-corrected chi connectivity index (χ3v) is 3.09. The van der Waals surface area contributed by atoms with E-state index < -0.39 is 0 Å². The van der Waals surface area contributed by atoms with Crippen molar-refractivity contribution in [2.45, 2.75) is 24.9 Å². The Labute approximate surface area is 89.4 Å². The molecule has 2 saturated heterocycles. The van der Waals surface area contributed by atoms with E-state index in [0.717, 1.165) is 25.9 Å². The number of carbonyl (C=O) groups is 1. The Hall–Kier alpha value is -0.650. The van der Waals surface area contributed by atoms with E-state index in [1.807, 2.05) is 0 Å². The van der Waals surface area contributed by atoms with Gasteiger partial charge in [0.2, 0.25) is 5.91 Å². The van der Waals surface area contributed by atoms with E-state index in [0.29, 0.717) is 13.2 Å². The molecule has 2 aliphatic heterocycles. The number of hydrogen-bond acceptors (Lipinski definition) is 4. The molecule has 2 heterocycles. The van der Waals surface area contributed by atoms with Gasteiger partial charge in [0.25, 0.3) is 0 Å². The van der Waals surface area contributed by atoms with Crippen molar-refractivity contribution < 1.29 is 14.6 Å². The first-order chi connectivity index (χ1) is 7.33. The molecule has 15 heavy (non-hydrogen) atoms. The zero-order valence-electron chi connectivity index (χ0n) is 8.82. The molecule has 0 aromatic carbocycles. The van der Waals surface area contributed by atoms with Crippen LogP contribution in [-0.2, 0) is 9.53 Å². The van der Waals surface area contributed by atoms with Crippen LogP contribution in [-0.4, -0.2) is 60.9 Å². The van der Waals surface area contributed by atoms with E-state index >= 15 is 0 Å². The lowest BCUT2D eigenvalue weighted by Gasteiger charge is -2.30. The van der Waals surface area contributed by atoms with Crippen LogP contribution in [0.25, 0.3) is 0 Å². The van der Waals surface area contributed by atoms with Crippen LogP contribution in [0.5, 0.6) is 0 Å². The van der Waals surface area contributed by atoms with Crippen molar-refractivity contribution in [2.75, 3.05) is 32.9 Å². The Bertz CT molecular complexity index is 229. The summed E-state index contributed by atoms with van der Waals surface area (Å²) in [6, 6.07) is -0.202. The molecule has 2 N–H and O–H groups in total. The van der Waals surface area contributed by atoms with Crippen LogP contribution in [0.4, 0.5) is 0 Å². The fraction of sp³-hybridized carbons (Fsp3) is 0.900. The van der Waals surface area contributed by atoms with Crippen LogP contribution >= 0.6 is 0 Å². The second-order valence-corrected chi connectivity index (χ2v) is 4.09. The van der Waals surface area contributed by atoms with Crippen molar-refractivity contribution >= 4 is 5.91 Å². The highest BCUT2D eigenvalue weighted by atomic mass is 16.5. The molecule has 86 valence electrons. The van der Waals surface area contributed by atoms with Gasteiger partial charge in [-0.3, -0.25) is 4.79 Å². The highest BCUT2D eigenvalue weighted by Gasteiger charge is 2.33. The standard InChI is InChI=1S/C10H18N2O3/c13-6-8-2-1-4-12(8)10(14)9-7-15-5-3-11-9/h8-9,11,13H,1-7H2. The minimum absolute atomic E-state index is 0.0150. The molecule has 2 atom stereocenters. The summed E-state index contributed by atoms with van der Waals surface area (Å²) in [5.74, 6) is 0.0752. The van der Waals surface area contributed by atoms with Gasteiger partial charge in [-0.25, -0.2) is 0 Å². The Morgan fingerprint density at radius 2 is 2.47 bits per heavy atom. The van der Waals surface area contributed by atoms with Crippen LogP contribution < -0.4 is 5.32 Å². The molecular formula is C10H18N2O3. The topological polar surface area (TPSA) is 61.8 Å². The quantitative estimate of drug-likeness (QED) is 0.616. The fourth-order valence-corrected chi connectivity index (χ4v) is 2.24. The third-order valence-electron chi connectivity index (χ3n) is 3.09. The molecule has 0 bridgehead atoms. The molecule has 1 amide bonds. The number of likely N-dealkylation sites (tertiary alicyclic amines) is 1. The number of nitrogens with one attached hydrogen (secondary N) is 1. The van der Waals surface area contributed by atoms with Crippen molar-refractivity contribution in [3.63, 3.8) is 0 Å². The molecule has 0 aromatic rings. The molecule has 5 heteroatoms. The van der Waals surface area contributed by atoms with E-state index in [-0.39, 0.29) is 24.6 Å². The number of hydrogen-bond donors (Lipinski definition) is 2. The average Bonchev–Trinajstić information content (AvgIpc) is 2.77. The van der Waals surface area contributed by atoms with Crippen LogP contribution in [0.3, 0.4) is 0 Å². The molecule has 2 aliphatic rings. The van der Waals surface area contributed by atoms with Crippen molar-refractivity contribution in [1.29, 1.82) is 0 Å². The number of aliphatic hydroxyl groups is 1. The predicted octanol–water partition coefficient (Wildman–Crippen LogP) is -1.04. The van der Waals surface area contributed by atoms with Crippen LogP contribution in [0.1, 0.15) is 12.8 Å². The van der Waals surface area contributed by atoms with Crippen LogP contribution in [0.15, 0.2) is 0 Å². The minimum atomic E-state index is -0.217. The number of aliphatic hydroxyl groups excluding tert-OH is 1. The van der Waals surface area contributed by atoms with Crippen LogP contribution in [0.2, 0.25) is 0 Å². The summed E-state index contributed by atoms with van der Waals surface area (Å²) in [5.41, 5.74) is 0. The first-order valence-corrected chi connectivity index (χ1v) is 5.55. The summed E-state index contributed by atoms with van der Waals surface area (Å²) >= 11 is 0. The monoisotopic (exact) mass is 214 g/mol. The Morgan fingerprint density at radius 1 is 1.60 bits per heavy atom. The Balaban J connectivity index is 1.93. The first-order valence-electron chi connectivity index (χ1n) is 5.55. The fourth-order valence-electron chi connectivity index (χ4n) is 2.24. The molecule has 2 fully saturated rings. The van der Waals surface area contributed by atoms with Gasteiger partial charge in [-0.05, 0) is 12.8 Å². The zero-order valence-corrected chi connectivity index (χ0v) is 8.82. The number of morpholine rings is 1. The third kappa shape index (κ3) is 2.30. The molecule has 0 saturated carbocycles. The van der Waals surface area contributed by atoms with Gasteiger partial charge in [0.1, 0.15) is 6.04 Å². The van der Waals surface area contributed by atoms with Gasteiger partial charge in [-0.15, -0.1) is 0 Å². The lowest BCUT2D eigenvalue weighted by molar-refractivity contribution is -0.137. The smallest absolute Gasteiger partial charge is 0.242 e. The largest absolute Gasteiger partial charge is 0.394 e. The summed E-state index contributed by atoms with van der Waals surface area (Å²) < 4.78 is 5.26. The molecule has 2 unspecified atom stereocenters. The first kappa shape index (κ1) is 10.9. The van der Waals surface area contributed by atoms with Crippen molar-refractivity contribution in [2.24, 2.45) is 0 Å². The van der Waals surface area contributed by atoms with Gasteiger partial charge in [0.05, 0.1) is 25.9 Å². The Kier molecular flexibility index (Phi) is 3.56. The van der Waals surface area contributed by atoms with Crippen molar-refractivity contribution in [1.82, 2.24) is 10.2 Å². The van der Waals surface area contributed by atoms with E-state index in [4.69, 9.17) is 9.84 Å². The minimum Gasteiger partial charge on any atom is -0.394 e. The average molecular weight is 214 g/mol. The van der Waals surface area contributed by atoms with Crippen LogP contribution in [0, 0.1) is 0 Å². The number of amides is 1. The zero-order chi connectivity index (χ0) is 10.7. The van der Waals surface area contributed by atoms with Gasteiger partial charge in [0.15, 0.2) is 0 Å². The van der Waals surface area contributed by atoms with E-state index in [2.05, 4.69) is 5.32 Å². The number of nitrogens with zero attached hydrogens (tertiary/aromatic N) is 1. The normalized spacial score (nSPS) is 31.9. The van der Waals surface area contributed by atoms with Crippen molar-refractivity contribution in [3.05, 3.63) is 0 Å². The lowest BCUT2D eigenvalue weighted by Crippen LogP contribution is -2.54. The Morgan fingerprint density at radius 3 is 3.13 bits per heavy atom. The van der Waals surface area contributed by atoms with Gasteiger partial charge >= 0.3 is 0 Å². The van der Waals surface area contributed by atoms with Gasteiger partial charge in [0, 0.05) is 13.1 Å². The number of ether oxygens (including phenoxy) is 1. The summed E-state index contributed by atoms with van der Waals surface area (Å²) in [5, 5.41) is 12.3. The lowest BCUT2D eigenvalue weighted by atomic mass is 10.2. The SMILES string of the molecule is O=C(C1COCCN1)N1CCCC1CO. The maximum Gasteiger partial charge on any atom is 0.242 e. The second-order valence-electron chi connectivity index (χ2n) is 4.09. The maximum absolute atomic E-state index is 12.0. The molecule has 2 rings (SSSR count). The number of rotatable bonds is 2. The highest BCUT2D eigenvalue weighted by Crippen LogP contribution is 2.18. The summed E-state index contributed by atoms with van der Waals surface area (Å²) in [7, 11) is 0. The molecule has 0 spiro atoms. The second kappa shape index (κ2) is 4.92. The van der Waals surface area contributed by atoms with E-state index in [1.54, 1.807) is 4.90 Å². The van der Waals surface area contributed by atoms with Gasteiger partial charge in [-0.1, -0.05) is 0 Å². The molecule has 0 radical (unpaired) electrons.